The maximum absolute atomic E-state index is 14.1. The monoisotopic (exact) mass is 501 g/mol. The van der Waals surface area contributed by atoms with Crippen LogP contribution in [0.15, 0.2) is 33.6 Å². The zero-order chi connectivity index (χ0) is 22.1. The molecule has 0 N–H and O–H groups in total. The number of aromatic nitrogens is 5. The Morgan fingerprint density at radius 3 is 2.23 bits per heavy atom. The van der Waals surface area contributed by atoms with Gasteiger partial charge in [-0.2, -0.15) is 35.1 Å². The van der Waals surface area contributed by atoms with Crippen molar-refractivity contribution in [2.75, 3.05) is 0 Å². The van der Waals surface area contributed by atoms with Crippen LogP contribution in [-0.4, -0.2) is 30.7 Å². The molecule has 0 aliphatic carbocycles. The molecule has 30 heavy (non-hydrogen) atoms. The molecule has 158 valence electrons. The molecule has 0 fully saturated rings. The topological polar surface area (TPSA) is 69.1 Å². The van der Waals surface area contributed by atoms with Crippen LogP contribution in [0.4, 0.5) is 35.1 Å². The number of alkyl halides is 8. The van der Waals surface area contributed by atoms with Crippen molar-refractivity contribution < 1.29 is 39.5 Å². The summed E-state index contributed by atoms with van der Waals surface area (Å²) < 4.78 is 112. The number of rotatable bonds is 2. The fraction of sp³-hybridized carbons (Fsp3) is 0.200. The molecular weight excluding hydrogens is 498 g/mol. The number of hydrogen-bond donors (Lipinski definition) is 0. The van der Waals surface area contributed by atoms with Crippen molar-refractivity contribution in [1.82, 2.24) is 24.6 Å². The van der Waals surface area contributed by atoms with Gasteiger partial charge in [0.1, 0.15) is 21.6 Å². The van der Waals surface area contributed by atoms with Gasteiger partial charge in [-0.25, -0.2) is 9.97 Å². The molecule has 0 radical (unpaired) electrons. The average Bonchev–Trinajstić information content (AvgIpc) is 3.26. The van der Waals surface area contributed by atoms with Crippen LogP contribution < -0.4 is 0 Å². The van der Waals surface area contributed by atoms with Crippen molar-refractivity contribution in [3.63, 3.8) is 0 Å². The van der Waals surface area contributed by atoms with E-state index in [-0.39, 0.29) is 27.9 Å². The highest BCUT2D eigenvalue weighted by molar-refractivity contribution is 9.10. The van der Waals surface area contributed by atoms with Crippen LogP contribution in [-0.2, 0) is 12.1 Å². The minimum Gasteiger partial charge on any atom is -0.422 e. The predicted molar refractivity (Wildman–Crippen MR) is 86.4 cm³/mol. The summed E-state index contributed by atoms with van der Waals surface area (Å²) in [5.74, 6) is -5.75. The van der Waals surface area contributed by atoms with Crippen molar-refractivity contribution >= 4 is 32.6 Å². The first-order valence-corrected chi connectivity index (χ1v) is 8.42. The quantitative estimate of drug-likeness (QED) is 0.345. The smallest absolute Gasteiger partial charge is 0.422 e. The molecule has 4 aromatic heterocycles. The van der Waals surface area contributed by atoms with Crippen LogP contribution in [0.1, 0.15) is 11.3 Å². The highest BCUT2D eigenvalue weighted by atomic mass is 79.9. The molecule has 0 saturated heterocycles. The normalized spacial score (nSPS) is 13.5. The number of hydrogen-bond acceptors (Lipinski definition) is 5. The fourth-order valence-electron chi connectivity index (χ4n) is 2.73. The van der Waals surface area contributed by atoms with Crippen molar-refractivity contribution in [3.05, 3.63) is 40.5 Å². The van der Waals surface area contributed by atoms with E-state index in [4.69, 9.17) is 4.42 Å². The van der Waals surface area contributed by atoms with Crippen molar-refractivity contribution in [2.24, 2.45) is 0 Å². The molecule has 15 heteroatoms. The van der Waals surface area contributed by atoms with Gasteiger partial charge in [-0.3, -0.25) is 4.40 Å². The Kier molecular flexibility index (Phi) is 4.31. The lowest BCUT2D eigenvalue weighted by Gasteiger charge is -2.22. The number of pyridine rings is 2. The summed E-state index contributed by atoms with van der Waals surface area (Å²) >= 11 is 3.03. The summed E-state index contributed by atoms with van der Waals surface area (Å²) in [6, 6.07) is 1.51. The van der Waals surface area contributed by atoms with Gasteiger partial charge in [-0.05, 0) is 34.1 Å². The van der Waals surface area contributed by atoms with Gasteiger partial charge in [-0.1, -0.05) is 0 Å². The van der Waals surface area contributed by atoms with Crippen LogP contribution in [0.5, 0.6) is 0 Å². The van der Waals surface area contributed by atoms with Crippen molar-refractivity contribution in [3.8, 4) is 11.6 Å². The first-order chi connectivity index (χ1) is 13.8. The van der Waals surface area contributed by atoms with E-state index in [9.17, 15) is 35.1 Å². The maximum atomic E-state index is 14.1. The molecule has 4 rings (SSSR count). The Balaban J connectivity index is 2.15. The largest absolute Gasteiger partial charge is 0.458 e. The van der Waals surface area contributed by atoms with Crippen LogP contribution in [0.2, 0.25) is 0 Å². The van der Waals surface area contributed by atoms with E-state index < -0.39 is 40.6 Å². The van der Waals surface area contributed by atoms with E-state index in [1.54, 1.807) is 0 Å². The third-order valence-electron chi connectivity index (χ3n) is 4.04. The highest BCUT2D eigenvalue weighted by Gasteiger charge is 2.60. The summed E-state index contributed by atoms with van der Waals surface area (Å²) in [7, 11) is 0. The van der Waals surface area contributed by atoms with E-state index in [2.05, 4.69) is 36.1 Å². The lowest BCUT2D eigenvalue weighted by molar-refractivity contribution is -0.288. The van der Waals surface area contributed by atoms with Gasteiger partial charge in [0.15, 0.2) is 5.69 Å². The molecule has 0 bridgehead atoms. The molecular formula is C15H4BrF8N5O. The number of fused-ring (bicyclic) bond motifs is 3. The number of halogens is 9. The Morgan fingerprint density at radius 2 is 1.67 bits per heavy atom. The van der Waals surface area contributed by atoms with E-state index in [1.165, 1.54) is 0 Å². The van der Waals surface area contributed by atoms with Crippen LogP contribution >= 0.6 is 15.9 Å². The third-order valence-corrected chi connectivity index (χ3v) is 4.77. The predicted octanol–water partition coefficient (Wildman–Crippen LogP) is 5.37. The number of nitrogens with zero attached hydrogens (tertiary/aromatic N) is 5. The van der Waals surface area contributed by atoms with Gasteiger partial charge in [-0.15, -0.1) is 10.2 Å². The summed E-state index contributed by atoms with van der Waals surface area (Å²) in [5.41, 5.74) is -4.85. The summed E-state index contributed by atoms with van der Waals surface area (Å²) in [6.07, 6.45) is -10.5. The summed E-state index contributed by atoms with van der Waals surface area (Å²) in [6.45, 7) is 0. The van der Waals surface area contributed by atoms with E-state index in [0.29, 0.717) is 0 Å². The molecule has 4 heterocycles. The lowest BCUT2D eigenvalue weighted by Crippen LogP contribution is -2.34. The van der Waals surface area contributed by atoms with Gasteiger partial charge >= 0.3 is 18.3 Å². The lowest BCUT2D eigenvalue weighted by atomic mass is 10.0. The SMILES string of the molecule is FC(F)(F)c1cc(C(F)(F)C(F)(F)F)c2ccc3nc(-c4nnco4)c(Br)n3c2n1. The van der Waals surface area contributed by atoms with Crippen molar-refractivity contribution in [2.45, 2.75) is 18.3 Å². The summed E-state index contributed by atoms with van der Waals surface area (Å²) in [4.78, 5) is 7.31. The Hall–Kier alpha value is -2.84. The van der Waals surface area contributed by atoms with Gasteiger partial charge < -0.3 is 4.42 Å². The van der Waals surface area contributed by atoms with Crippen molar-refractivity contribution in [1.29, 1.82) is 0 Å². The Morgan fingerprint density at radius 1 is 0.967 bits per heavy atom. The molecule has 0 unspecified atom stereocenters. The third kappa shape index (κ3) is 2.98. The van der Waals surface area contributed by atoms with Crippen LogP contribution in [0.3, 0.4) is 0 Å². The first kappa shape index (κ1) is 20.4. The Labute approximate surface area is 167 Å². The molecule has 0 spiro atoms. The standard InChI is InChI=1S/C15H4BrF8N5O/c16-10-9(12-28-25-4-30-12)27-8-2-1-5-6(13(17,18)15(22,23)24)3-7(14(19,20)21)26-11(5)29(8)10/h1-4H. The second kappa shape index (κ2) is 6.33. The highest BCUT2D eigenvalue weighted by Crippen LogP contribution is 2.47. The minimum absolute atomic E-state index is 0.0802. The molecule has 0 aliphatic heterocycles. The average molecular weight is 502 g/mol. The van der Waals surface area contributed by atoms with Gasteiger partial charge in [0.2, 0.25) is 6.39 Å². The second-order valence-corrected chi connectivity index (χ2v) is 6.64. The molecule has 0 saturated carbocycles. The molecule has 4 aromatic rings. The zero-order valence-corrected chi connectivity index (χ0v) is 15.4. The van der Waals surface area contributed by atoms with Crippen LogP contribution in [0.25, 0.3) is 28.3 Å². The van der Waals surface area contributed by atoms with E-state index in [1.807, 2.05) is 0 Å². The minimum atomic E-state index is -6.14. The van der Waals surface area contributed by atoms with E-state index in [0.717, 1.165) is 22.9 Å². The van der Waals surface area contributed by atoms with E-state index >= 15 is 0 Å². The first-order valence-electron chi connectivity index (χ1n) is 7.63. The fourth-order valence-corrected chi connectivity index (χ4v) is 3.34. The van der Waals surface area contributed by atoms with Gasteiger partial charge in [0.25, 0.3) is 5.89 Å². The van der Waals surface area contributed by atoms with Gasteiger partial charge in [0.05, 0.1) is 0 Å². The Bertz CT molecular complexity index is 1260. The molecule has 0 aliphatic rings. The molecule has 0 atom stereocenters. The second-order valence-electron chi connectivity index (χ2n) is 5.88. The van der Waals surface area contributed by atoms with Crippen LogP contribution in [0, 0.1) is 0 Å². The molecule has 0 amide bonds. The number of imidazole rings is 1. The molecule has 6 nitrogen and oxygen atoms in total. The maximum Gasteiger partial charge on any atom is 0.458 e. The summed E-state index contributed by atoms with van der Waals surface area (Å²) in [5, 5.41) is 6.14. The zero-order valence-electron chi connectivity index (χ0n) is 13.9. The van der Waals surface area contributed by atoms with Gasteiger partial charge in [0, 0.05) is 10.9 Å². The molecule has 0 aromatic carbocycles.